The van der Waals surface area contributed by atoms with Crippen LogP contribution in [0.5, 0.6) is 0 Å². The summed E-state index contributed by atoms with van der Waals surface area (Å²) in [4.78, 5) is 11.2. The molecule has 0 bridgehead atoms. The Morgan fingerprint density at radius 3 is 2.17 bits per heavy atom. The molecule has 2 N–H and O–H groups in total. The first-order chi connectivity index (χ1) is 11.5. The Morgan fingerprint density at radius 2 is 1.67 bits per heavy atom. The zero-order chi connectivity index (χ0) is 17.4. The Balaban J connectivity index is 0.000000175. The van der Waals surface area contributed by atoms with E-state index in [0.717, 1.165) is 11.8 Å². The van der Waals surface area contributed by atoms with Gasteiger partial charge in [0.2, 0.25) is 10.0 Å². The first-order valence-electron chi connectivity index (χ1n) is 6.64. The number of carbonyl (C=O) groups is 1. The topological polar surface area (TPSA) is 118 Å². The molecule has 24 heavy (non-hydrogen) atoms. The van der Waals surface area contributed by atoms with E-state index in [1.807, 2.05) is 29.0 Å². The normalized spacial score (nSPS) is 10.4. The van der Waals surface area contributed by atoms with Gasteiger partial charge in [0.15, 0.2) is 5.82 Å². The number of sulfonamides is 1. The first kappa shape index (κ1) is 17.3. The standard InChI is InChI=1S/C8H8NO3S.C7H5N4/c1-13(11,12)9-8(10)7-5-3-2-4-6-7;1-2-4-6(5-3-1)7-8-10-11-9-7/h3-6H,1H3,(H,9,10);2-5H,(H,8,9,10,11). The van der Waals surface area contributed by atoms with Gasteiger partial charge in [0.25, 0.3) is 5.91 Å². The van der Waals surface area contributed by atoms with Crippen molar-refractivity contribution >= 4 is 15.9 Å². The molecule has 3 rings (SSSR count). The van der Waals surface area contributed by atoms with Crippen molar-refractivity contribution in [3.05, 3.63) is 66.2 Å². The second-order valence-corrected chi connectivity index (χ2v) is 6.28. The van der Waals surface area contributed by atoms with Crippen LogP contribution in [0, 0.1) is 12.1 Å². The lowest BCUT2D eigenvalue weighted by Gasteiger charge is -2.00. The van der Waals surface area contributed by atoms with E-state index in [9.17, 15) is 13.2 Å². The number of nitrogens with one attached hydrogen (secondary N) is 2. The van der Waals surface area contributed by atoms with Crippen molar-refractivity contribution in [2.45, 2.75) is 0 Å². The number of benzene rings is 2. The van der Waals surface area contributed by atoms with Crippen molar-refractivity contribution in [2.24, 2.45) is 0 Å². The zero-order valence-corrected chi connectivity index (χ0v) is 13.4. The summed E-state index contributed by atoms with van der Waals surface area (Å²) < 4.78 is 23.2. The number of carbonyl (C=O) groups excluding carboxylic acids is 1. The summed E-state index contributed by atoms with van der Waals surface area (Å²) in [6.45, 7) is 0. The maximum Gasteiger partial charge on any atom is 0.264 e. The minimum absolute atomic E-state index is 0.296. The van der Waals surface area contributed by atoms with Gasteiger partial charge in [0.1, 0.15) is 0 Å². The van der Waals surface area contributed by atoms with Crippen LogP contribution in [0.15, 0.2) is 48.5 Å². The van der Waals surface area contributed by atoms with Crippen LogP contribution in [0.4, 0.5) is 0 Å². The Hall–Kier alpha value is -3.07. The van der Waals surface area contributed by atoms with E-state index in [1.165, 1.54) is 24.3 Å². The van der Waals surface area contributed by atoms with E-state index in [1.54, 1.807) is 0 Å². The number of aromatic amines is 1. The molecule has 0 aliphatic rings. The van der Waals surface area contributed by atoms with Gasteiger partial charge in [-0.05, 0) is 34.7 Å². The Kier molecular flexibility index (Phi) is 5.74. The highest BCUT2D eigenvalue weighted by Gasteiger charge is 2.09. The molecular formula is C15H13N5O3S. The van der Waals surface area contributed by atoms with Gasteiger partial charge in [0.05, 0.1) is 6.26 Å². The average molecular weight is 343 g/mol. The number of rotatable bonds is 3. The third kappa shape index (κ3) is 5.61. The van der Waals surface area contributed by atoms with E-state index in [0.29, 0.717) is 11.4 Å². The van der Waals surface area contributed by atoms with Gasteiger partial charge in [-0.25, -0.2) is 18.2 Å². The molecule has 0 aliphatic heterocycles. The van der Waals surface area contributed by atoms with Crippen LogP contribution in [-0.2, 0) is 10.0 Å². The summed E-state index contributed by atoms with van der Waals surface area (Å²) in [5, 5.41) is 13.4. The fourth-order valence-electron chi connectivity index (χ4n) is 1.59. The molecule has 8 nitrogen and oxygen atoms in total. The molecule has 2 radical (unpaired) electrons. The molecule has 9 heteroatoms. The maximum absolute atomic E-state index is 11.2. The lowest BCUT2D eigenvalue weighted by molar-refractivity contribution is 0.0981. The lowest BCUT2D eigenvalue weighted by atomic mass is 10.2. The number of hydrogen-bond donors (Lipinski definition) is 2. The maximum atomic E-state index is 11.2. The van der Waals surface area contributed by atoms with Crippen LogP contribution in [-0.4, -0.2) is 41.2 Å². The quantitative estimate of drug-likeness (QED) is 0.728. The minimum atomic E-state index is -3.48. The number of H-pyrrole nitrogens is 1. The molecule has 0 fully saturated rings. The molecule has 1 aromatic heterocycles. The largest absolute Gasteiger partial charge is 0.268 e. The van der Waals surface area contributed by atoms with Crippen LogP contribution < -0.4 is 4.72 Å². The zero-order valence-electron chi connectivity index (χ0n) is 12.6. The van der Waals surface area contributed by atoms with Gasteiger partial charge in [-0.1, -0.05) is 36.4 Å². The summed E-state index contributed by atoms with van der Waals surface area (Å²) >= 11 is 0. The van der Waals surface area contributed by atoms with Crippen LogP contribution in [0.25, 0.3) is 11.4 Å². The first-order valence-corrected chi connectivity index (χ1v) is 8.53. The van der Waals surface area contributed by atoms with E-state index in [-0.39, 0.29) is 0 Å². The van der Waals surface area contributed by atoms with Crippen molar-refractivity contribution in [2.75, 3.05) is 6.26 Å². The molecule has 0 aliphatic carbocycles. The van der Waals surface area contributed by atoms with Crippen molar-refractivity contribution in [1.82, 2.24) is 25.3 Å². The SMILES string of the molecule is CS(=O)(=O)NC(=O)c1cc[c]cc1.[c]1ccc(-c2nnn[nH]2)cc1. The summed E-state index contributed by atoms with van der Waals surface area (Å²) in [7, 11) is -3.48. The number of tetrazole rings is 1. The lowest BCUT2D eigenvalue weighted by Crippen LogP contribution is -2.29. The molecule has 3 aromatic rings. The second-order valence-electron chi connectivity index (χ2n) is 4.53. The minimum Gasteiger partial charge on any atom is -0.268 e. The van der Waals surface area contributed by atoms with Crippen molar-refractivity contribution in [1.29, 1.82) is 0 Å². The summed E-state index contributed by atoms with van der Waals surface area (Å²) in [5.74, 6) is 0.0514. The van der Waals surface area contributed by atoms with Crippen molar-refractivity contribution in [3.8, 4) is 11.4 Å². The molecule has 2 aromatic carbocycles. The predicted molar refractivity (Wildman–Crippen MR) is 86.0 cm³/mol. The van der Waals surface area contributed by atoms with Gasteiger partial charge in [-0.15, -0.1) is 5.10 Å². The van der Waals surface area contributed by atoms with Gasteiger partial charge >= 0.3 is 0 Å². The molecule has 0 saturated heterocycles. The van der Waals surface area contributed by atoms with Gasteiger partial charge in [0, 0.05) is 11.1 Å². The third-order valence-corrected chi connectivity index (χ3v) is 3.15. The number of hydrogen-bond acceptors (Lipinski definition) is 6. The van der Waals surface area contributed by atoms with E-state index < -0.39 is 15.9 Å². The predicted octanol–water partition coefficient (Wildman–Crippen LogP) is 0.843. The van der Waals surface area contributed by atoms with Crippen LogP contribution in [0.1, 0.15) is 10.4 Å². The van der Waals surface area contributed by atoms with Crippen LogP contribution in [0.3, 0.4) is 0 Å². The molecule has 1 heterocycles. The molecule has 122 valence electrons. The van der Waals surface area contributed by atoms with Crippen LogP contribution >= 0.6 is 0 Å². The number of amides is 1. The molecule has 0 spiro atoms. The molecular weight excluding hydrogens is 330 g/mol. The van der Waals surface area contributed by atoms with Gasteiger partial charge in [-0.2, -0.15) is 0 Å². The van der Waals surface area contributed by atoms with E-state index in [4.69, 9.17) is 0 Å². The third-order valence-electron chi connectivity index (χ3n) is 2.60. The summed E-state index contributed by atoms with van der Waals surface area (Å²) in [6.07, 6.45) is 0.931. The molecule has 0 unspecified atom stereocenters. The van der Waals surface area contributed by atoms with Crippen LogP contribution in [0.2, 0.25) is 0 Å². The Bertz CT molecular complexity index is 866. The number of aromatic nitrogens is 4. The second kappa shape index (κ2) is 7.97. The summed E-state index contributed by atoms with van der Waals surface area (Å²) in [6, 6.07) is 19.1. The van der Waals surface area contributed by atoms with Crippen molar-refractivity contribution in [3.63, 3.8) is 0 Å². The van der Waals surface area contributed by atoms with E-state index in [2.05, 4.69) is 32.8 Å². The molecule has 1 amide bonds. The highest BCUT2D eigenvalue weighted by molar-refractivity contribution is 7.89. The smallest absolute Gasteiger partial charge is 0.264 e. The Labute approximate surface area is 139 Å². The average Bonchev–Trinajstić information content (AvgIpc) is 3.10. The molecule has 0 saturated carbocycles. The van der Waals surface area contributed by atoms with E-state index >= 15 is 0 Å². The molecule has 0 atom stereocenters. The van der Waals surface area contributed by atoms with Gasteiger partial charge in [-0.3, -0.25) is 4.79 Å². The summed E-state index contributed by atoms with van der Waals surface area (Å²) in [5.41, 5.74) is 1.26. The van der Waals surface area contributed by atoms with Crippen molar-refractivity contribution < 1.29 is 13.2 Å². The highest BCUT2D eigenvalue weighted by atomic mass is 32.2. The monoisotopic (exact) mass is 343 g/mol. The number of nitrogens with zero attached hydrogens (tertiary/aromatic N) is 3. The van der Waals surface area contributed by atoms with Gasteiger partial charge < -0.3 is 0 Å². The highest BCUT2D eigenvalue weighted by Crippen LogP contribution is 2.10. The fourth-order valence-corrected chi connectivity index (χ4v) is 2.05. The Morgan fingerprint density at radius 1 is 1.08 bits per heavy atom. The fraction of sp³-hybridized carbons (Fsp3) is 0.0667.